The van der Waals surface area contributed by atoms with Crippen LogP contribution in [0.1, 0.15) is 47.7 Å². The summed E-state index contributed by atoms with van der Waals surface area (Å²) in [5.74, 6) is 0.0860. The van der Waals surface area contributed by atoms with Crippen LogP contribution in [0.5, 0.6) is 5.75 Å². The predicted octanol–water partition coefficient (Wildman–Crippen LogP) is 4.77. The molecule has 116 valence electrons. The minimum absolute atomic E-state index is 0.0607. The number of ether oxygens (including phenoxy) is 1. The predicted molar refractivity (Wildman–Crippen MR) is 86.1 cm³/mol. The van der Waals surface area contributed by atoms with Crippen LogP contribution < -0.4 is 4.74 Å². The largest absolute Gasteiger partial charge is 0.494 e. The van der Waals surface area contributed by atoms with Crippen molar-refractivity contribution in [1.82, 2.24) is 0 Å². The van der Waals surface area contributed by atoms with Crippen molar-refractivity contribution in [2.45, 2.75) is 32.6 Å². The quantitative estimate of drug-likeness (QED) is 0.718. The van der Waals surface area contributed by atoms with E-state index in [-0.39, 0.29) is 11.5 Å². The highest BCUT2D eigenvalue weighted by Crippen LogP contribution is 2.20. The molecule has 2 rings (SSSR count). The molecule has 0 bridgehead atoms. The zero-order valence-corrected chi connectivity index (χ0v) is 13.2. The second-order valence-electron chi connectivity index (χ2n) is 5.67. The Morgan fingerprint density at radius 2 is 1.82 bits per heavy atom. The molecule has 0 aliphatic carbocycles. The summed E-state index contributed by atoms with van der Waals surface area (Å²) in [7, 11) is 1.40. The van der Waals surface area contributed by atoms with Gasteiger partial charge in [0.1, 0.15) is 0 Å². The molecule has 0 aliphatic heterocycles. The van der Waals surface area contributed by atoms with Crippen LogP contribution >= 0.6 is 0 Å². The van der Waals surface area contributed by atoms with Crippen molar-refractivity contribution in [3.63, 3.8) is 0 Å². The minimum atomic E-state index is -0.505. The normalized spacial score (nSPS) is 10.8. The summed E-state index contributed by atoms with van der Waals surface area (Å²) in [6, 6.07) is 12.6. The van der Waals surface area contributed by atoms with Gasteiger partial charge in [-0.15, -0.1) is 0 Å². The number of aryl methyl sites for hydroxylation is 1. The summed E-state index contributed by atoms with van der Waals surface area (Å²) < 4.78 is 18.5. The summed E-state index contributed by atoms with van der Waals surface area (Å²) in [6.45, 7) is 4.30. The fourth-order valence-corrected chi connectivity index (χ4v) is 2.31. The van der Waals surface area contributed by atoms with E-state index < -0.39 is 5.82 Å². The number of Topliss-reactive ketones (excluding diaryl/α,β-unsaturated/α-hetero) is 1. The van der Waals surface area contributed by atoms with E-state index >= 15 is 0 Å². The third-order valence-electron chi connectivity index (χ3n) is 3.76. The van der Waals surface area contributed by atoms with Gasteiger partial charge in [-0.2, -0.15) is 0 Å². The molecule has 0 unspecified atom stereocenters. The van der Waals surface area contributed by atoms with Gasteiger partial charge in [-0.3, -0.25) is 4.79 Å². The molecule has 22 heavy (non-hydrogen) atoms. The Morgan fingerprint density at radius 3 is 2.36 bits per heavy atom. The first-order chi connectivity index (χ1) is 10.5. The van der Waals surface area contributed by atoms with Gasteiger partial charge < -0.3 is 4.74 Å². The SMILES string of the molecule is COc1ccc(C(=O)CCc2ccc(C(C)C)cc2)cc1F. The van der Waals surface area contributed by atoms with Gasteiger partial charge in [-0.05, 0) is 41.7 Å². The number of benzene rings is 2. The molecule has 0 N–H and O–H groups in total. The number of ketones is 1. The van der Waals surface area contributed by atoms with Crippen LogP contribution in [0.4, 0.5) is 4.39 Å². The average Bonchev–Trinajstić information content (AvgIpc) is 2.52. The highest BCUT2D eigenvalue weighted by molar-refractivity contribution is 5.96. The second kappa shape index (κ2) is 7.21. The average molecular weight is 300 g/mol. The highest BCUT2D eigenvalue weighted by atomic mass is 19.1. The summed E-state index contributed by atoms with van der Waals surface area (Å²) in [4.78, 5) is 12.1. The van der Waals surface area contributed by atoms with Gasteiger partial charge in [0.25, 0.3) is 0 Å². The van der Waals surface area contributed by atoms with Crippen molar-refractivity contribution >= 4 is 5.78 Å². The first-order valence-corrected chi connectivity index (χ1v) is 7.47. The van der Waals surface area contributed by atoms with Crippen molar-refractivity contribution in [3.05, 3.63) is 65.0 Å². The van der Waals surface area contributed by atoms with Crippen LogP contribution in [-0.2, 0) is 6.42 Å². The van der Waals surface area contributed by atoms with Gasteiger partial charge in [-0.1, -0.05) is 38.1 Å². The van der Waals surface area contributed by atoms with Crippen LogP contribution in [0.2, 0.25) is 0 Å². The van der Waals surface area contributed by atoms with E-state index in [0.29, 0.717) is 24.3 Å². The molecule has 0 radical (unpaired) electrons. The van der Waals surface area contributed by atoms with E-state index in [1.807, 2.05) is 0 Å². The Morgan fingerprint density at radius 1 is 1.14 bits per heavy atom. The lowest BCUT2D eigenvalue weighted by Crippen LogP contribution is -2.02. The van der Waals surface area contributed by atoms with E-state index in [0.717, 1.165) is 5.56 Å². The number of halogens is 1. The van der Waals surface area contributed by atoms with Crippen molar-refractivity contribution in [2.24, 2.45) is 0 Å². The molecule has 2 aromatic carbocycles. The van der Waals surface area contributed by atoms with Gasteiger partial charge in [0.15, 0.2) is 17.3 Å². The second-order valence-corrected chi connectivity index (χ2v) is 5.67. The molecule has 0 amide bonds. The molecule has 0 fully saturated rings. The molecular weight excluding hydrogens is 279 g/mol. The molecule has 0 aromatic heterocycles. The third-order valence-corrected chi connectivity index (χ3v) is 3.76. The fraction of sp³-hybridized carbons (Fsp3) is 0.316. The Labute approximate surface area is 130 Å². The summed E-state index contributed by atoms with van der Waals surface area (Å²) >= 11 is 0. The maximum Gasteiger partial charge on any atom is 0.165 e. The van der Waals surface area contributed by atoms with Crippen LogP contribution in [0.3, 0.4) is 0 Å². The number of hydrogen-bond acceptors (Lipinski definition) is 2. The van der Waals surface area contributed by atoms with Gasteiger partial charge in [0, 0.05) is 12.0 Å². The van der Waals surface area contributed by atoms with Gasteiger partial charge >= 0.3 is 0 Å². The Balaban J connectivity index is 1.99. The Hall–Kier alpha value is -2.16. The van der Waals surface area contributed by atoms with Gasteiger partial charge in [0.2, 0.25) is 0 Å². The molecule has 2 nitrogen and oxygen atoms in total. The van der Waals surface area contributed by atoms with Gasteiger partial charge in [0.05, 0.1) is 7.11 Å². The lowest BCUT2D eigenvalue weighted by molar-refractivity contribution is 0.0982. The first-order valence-electron chi connectivity index (χ1n) is 7.47. The number of rotatable bonds is 6. The van der Waals surface area contributed by atoms with Crippen LogP contribution in [-0.4, -0.2) is 12.9 Å². The summed E-state index contributed by atoms with van der Waals surface area (Å²) in [5.41, 5.74) is 2.79. The van der Waals surface area contributed by atoms with Crippen LogP contribution in [0.25, 0.3) is 0 Å². The van der Waals surface area contributed by atoms with Crippen molar-refractivity contribution in [3.8, 4) is 5.75 Å². The third kappa shape index (κ3) is 3.94. The first kappa shape index (κ1) is 16.2. The van der Waals surface area contributed by atoms with Crippen molar-refractivity contribution in [2.75, 3.05) is 7.11 Å². The van der Waals surface area contributed by atoms with E-state index in [2.05, 4.69) is 38.1 Å². The maximum absolute atomic E-state index is 13.6. The van der Waals surface area contributed by atoms with Gasteiger partial charge in [-0.25, -0.2) is 4.39 Å². The summed E-state index contributed by atoms with van der Waals surface area (Å²) in [6.07, 6.45) is 1.03. The Kier molecular flexibility index (Phi) is 5.31. The molecule has 0 spiro atoms. The standard InChI is InChI=1S/C19H21FO2/c1-13(2)15-7-4-14(5-8-15)6-10-18(21)16-9-11-19(22-3)17(20)12-16/h4-5,7-9,11-13H,6,10H2,1-3H3. The number of hydrogen-bond donors (Lipinski definition) is 0. The van der Waals surface area contributed by atoms with E-state index in [4.69, 9.17) is 4.74 Å². The topological polar surface area (TPSA) is 26.3 Å². The highest BCUT2D eigenvalue weighted by Gasteiger charge is 2.10. The minimum Gasteiger partial charge on any atom is -0.494 e. The number of methoxy groups -OCH3 is 1. The number of carbonyl (C=O) groups is 1. The zero-order chi connectivity index (χ0) is 16.1. The molecule has 0 heterocycles. The van der Waals surface area contributed by atoms with E-state index in [1.54, 1.807) is 6.07 Å². The lowest BCUT2D eigenvalue weighted by atomic mass is 9.98. The molecule has 3 heteroatoms. The zero-order valence-electron chi connectivity index (χ0n) is 13.2. The van der Waals surface area contributed by atoms with E-state index in [9.17, 15) is 9.18 Å². The molecule has 2 aromatic rings. The molecule has 0 aliphatic rings. The van der Waals surface area contributed by atoms with Crippen LogP contribution in [0.15, 0.2) is 42.5 Å². The summed E-state index contributed by atoms with van der Waals surface area (Å²) in [5, 5.41) is 0. The smallest absolute Gasteiger partial charge is 0.165 e. The molecule has 0 saturated carbocycles. The maximum atomic E-state index is 13.6. The van der Waals surface area contributed by atoms with Crippen molar-refractivity contribution in [1.29, 1.82) is 0 Å². The number of carbonyl (C=O) groups excluding carboxylic acids is 1. The Bertz CT molecular complexity index is 645. The lowest BCUT2D eigenvalue weighted by Gasteiger charge is -2.07. The van der Waals surface area contributed by atoms with Crippen molar-refractivity contribution < 1.29 is 13.9 Å². The van der Waals surface area contributed by atoms with E-state index in [1.165, 1.54) is 24.8 Å². The molecule has 0 atom stereocenters. The van der Waals surface area contributed by atoms with Crippen LogP contribution in [0, 0.1) is 5.82 Å². The molecule has 0 saturated heterocycles. The molecular formula is C19H21FO2. The monoisotopic (exact) mass is 300 g/mol. The fourth-order valence-electron chi connectivity index (χ4n) is 2.31.